The number of amides is 1. The molecule has 5 nitrogen and oxygen atoms in total. The van der Waals surface area contributed by atoms with Crippen LogP contribution >= 0.6 is 11.6 Å². The summed E-state index contributed by atoms with van der Waals surface area (Å²) in [7, 11) is 0. The molecular formula is C23H23ClN2O3. The van der Waals surface area contributed by atoms with Gasteiger partial charge in [-0.05, 0) is 54.3 Å². The highest BCUT2D eigenvalue weighted by atomic mass is 35.5. The van der Waals surface area contributed by atoms with Crippen LogP contribution in [0.25, 0.3) is 11.3 Å². The van der Waals surface area contributed by atoms with E-state index in [1.54, 1.807) is 18.2 Å². The molecule has 0 aliphatic carbocycles. The van der Waals surface area contributed by atoms with Gasteiger partial charge in [-0.15, -0.1) is 0 Å². The van der Waals surface area contributed by atoms with Gasteiger partial charge in [0.1, 0.15) is 17.3 Å². The molecule has 1 amide bonds. The largest absolute Gasteiger partial charge is 0.484 e. The van der Waals surface area contributed by atoms with Crippen LogP contribution in [-0.2, 0) is 4.79 Å². The number of carbonyl (C=O) groups excluding carboxylic acids is 1. The first-order valence-electron chi connectivity index (χ1n) is 9.46. The van der Waals surface area contributed by atoms with Gasteiger partial charge in [-0.3, -0.25) is 4.79 Å². The van der Waals surface area contributed by atoms with E-state index in [4.69, 9.17) is 20.8 Å². The van der Waals surface area contributed by atoms with Gasteiger partial charge in [0.05, 0.1) is 11.2 Å². The number of hydrogen-bond acceptors (Lipinski definition) is 4. The zero-order valence-corrected chi connectivity index (χ0v) is 17.1. The molecule has 0 saturated carbocycles. The van der Waals surface area contributed by atoms with Crippen LogP contribution < -0.4 is 10.2 Å². The monoisotopic (exact) mass is 410 g/mol. The van der Waals surface area contributed by atoms with Gasteiger partial charge in [0.25, 0.3) is 5.91 Å². The van der Waals surface area contributed by atoms with E-state index in [0.717, 1.165) is 12.0 Å². The minimum atomic E-state index is -0.356. The minimum absolute atomic E-state index is 0.122. The maximum absolute atomic E-state index is 11.9. The Kier molecular flexibility index (Phi) is 7.09. The molecule has 3 aromatic rings. The lowest BCUT2D eigenvalue weighted by atomic mass is 9.99. The average Bonchev–Trinajstić information content (AvgIpc) is 3.21. The van der Waals surface area contributed by atoms with Gasteiger partial charge in [0.15, 0.2) is 6.61 Å². The fourth-order valence-corrected chi connectivity index (χ4v) is 2.93. The summed E-state index contributed by atoms with van der Waals surface area (Å²) in [6.07, 6.45) is 2.51. The van der Waals surface area contributed by atoms with E-state index in [9.17, 15) is 4.79 Å². The number of nitrogens with zero attached hydrogens (tertiary/aromatic N) is 1. The third-order valence-corrected chi connectivity index (χ3v) is 4.91. The quantitative estimate of drug-likeness (QED) is 0.386. The third kappa shape index (κ3) is 5.72. The number of benzene rings is 2. The summed E-state index contributed by atoms with van der Waals surface area (Å²) in [4.78, 5) is 11.9. The summed E-state index contributed by atoms with van der Waals surface area (Å²) in [5.74, 6) is 1.92. The Bertz CT molecular complexity index is 980. The highest BCUT2D eigenvalue weighted by Crippen LogP contribution is 2.28. The highest BCUT2D eigenvalue weighted by Gasteiger charge is 2.08. The van der Waals surface area contributed by atoms with E-state index in [-0.39, 0.29) is 12.5 Å². The van der Waals surface area contributed by atoms with Gasteiger partial charge >= 0.3 is 0 Å². The van der Waals surface area contributed by atoms with Crippen LogP contribution in [-0.4, -0.2) is 18.7 Å². The molecule has 0 radical (unpaired) electrons. The topological polar surface area (TPSA) is 63.8 Å². The Balaban J connectivity index is 1.48. The average molecular weight is 411 g/mol. The normalized spacial score (nSPS) is 12.1. The summed E-state index contributed by atoms with van der Waals surface area (Å²) < 4.78 is 11.2. The number of carbonyl (C=O) groups is 1. The summed E-state index contributed by atoms with van der Waals surface area (Å²) in [6.45, 7) is 4.21. The number of furan rings is 1. The smallest absolute Gasteiger partial charge is 0.277 e. The maximum Gasteiger partial charge on any atom is 0.277 e. The van der Waals surface area contributed by atoms with Crippen LogP contribution in [0.2, 0.25) is 5.02 Å². The van der Waals surface area contributed by atoms with Gasteiger partial charge in [0, 0.05) is 5.56 Å². The lowest BCUT2D eigenvalue weighted by Gasteiger charge is -2.10. The van der Waals surface area contributed by atoms with Gasteiger partial charge in [-0.1, -0.05) is 49.7 Å². The Morgan fingerprint density at radius 3 is 2.66 bits per heavy atom. The first-order valence-corrected chi connectivity index (χ1v) is 9.84. The van der Waals surface area contributed by atoms with Crippen molar-refractivity contribution in [3.05, 3.63) is 77.0 Å². The zero-order chi connectivity index (χ0) is 20.6. The van der Waals surface area contributed by atoms with Crippen molar-refractivity contribution >= 4 is 23.7 Å². The van der Waals surface area contributed by atoms with Crippen LogP contribution in [0.4, 0.5) is 0 Å². The summed E-state index contributed by atoms with van der Waals surface area (Å²) >= 11 is 6.17. The molecule has 1 unspecified atom stereocenters. The maximum atomic E-state index is 11.9. The van der Waals surface area contributed by atoms with Crippen LogP contribution in [0.1, 0.15) is 37.5 Å². The van der Waals surface area contributed by atoms with Crippen LogP contribution in [0.5, 0.6) is 5.75 Å². The Hall–Kier alpha value is -3.05. The summed E-state index contributed by atoms with van der Waals surface area (Å²) in [5.41, 5.74) is 4.47. The molecule has 1 N–H and O–H groups in total. The molecule has 6 heteroatoms. The van der Waals surface area contributed by atoms with E-state index in [0.29, 0.717) is 28.2 Å². The van der Waals surface area contributed by atoms with Crippen LogP contribution in [0.3, 0.4) is 0 Å². The molecule has 0 fully saturated rings. The van der Waals surface area contributed by atoms with Crippen molar-refractivity contribution in [1.29, 1.82) is 0 Å². The Morgan fingerprint density at radius 2 is 1.93 bits per heavy atom. The van der Waals surface area contributed by atoms with Crippen LogP contribution in [0.15, 0.2) is 70.2 Å². The lowest BCUT2D eigenvalue weighted by molar-refractivity contribution is -0.123. The van der Waals surface area contributed by atoms with Gasteiger partial charge in [-0.25, -0.2) is 5.43 Å². The Labute approximate surface area is 175 Å². The molecule has 0 spiro atoms. The van der Waals surface area contributed by atoms with Crippen molar-refractivity contribution < 1.29 is 13.9 Å². The zero-order valence-electron chi connectivity index (χ0n) is 16.4. The summed E-state index contributed by atoms with van der Waals surface area (Å²) in [5, 5.41) is 4.50. The predicted octanol–water partition coefficient (Wildman–Crippen LogP) is 5.64. The van der Waals surface area contributed by atoms with E-state index in [1.165, 1.54) is 11.8 Å². The van der Waals surface area contributed by atoms with Gasteiger partial charge in [0.2, 0.25) is 0 Å². The van der Waals surface area contributed by atoms with Crippen molar-refractivity contribution in [3.63, 3.8) is 0 Å². The number of ether oxygens (including phenoxy) is 1. The number of hydrogen-bond donors (Lipinski definition) is 1. The molecule has 1 atom stereocenters. The molecule has 3 rings (SSSR count). The molecule has 0 aliphatic rings. The number of rotatable bonds is 8. The molecular weight excluding hydrogens is 388 g/mol. The molecule has 0 aliphatic heterocycles. The van der Waals surface area contributed by atoms with E-state index < -0.39 is 0 Å². The molecule has 29 heavy (non-hydrogen) atoms. The number of nitrogens with one attached hydrogen (secondary N) is 1. The predicted molar refractivity (Wildman–Crippen MR) is 116 cm³/mol. The fraction of sp³-hybridized carbons (Fsp3) is 0.217. The second-order valence-corrected chi connectivity index (χ2v) is 7.05. The minimum Gasteiger partial charge on any atom is -0.484 e. The summed E-state index contributed by atoms with van der Waals surface area (Å²) in [6, 6.07) is 18.8. The van der Waals surface area contributed by atoms with Crippen molar-refractivity contribution in [1.82, 2.24) is 5.43 Å². The fourth-order valence-electron chi connectivity index (χ4n) is 2.71. The Morgan fingerprint density at radius 1 is 1.17 bits per heavy atom. The van der Waals surface area contributed by atoms with E-state index in [1.807, 2.05) is 42.5 Å². The SMILES string of the molecule is CCC(C)c1ccc(OCC(=O)NN=Cc2ccc(-c3ccccc3Cl)o2)cc1. The third-order valence-electron chi connectivity index (χ3n) is 4.58. The molecule has 0 saturated heterocycles. The lowest BCUT2D eigenvalue weighted by Crippen LogP contribution is -2.24. The molecule has 1 heterocycles. The number of halogens is 1. The van der Waals surface area contributed by atoms with Crippen molar-refractivity contribution in [2.75, 3.05) is 6.61 Å². The molecule has 1 aromatic heterocycles. The first kappa shape index (κ1) is 20.7. The molecule has 2 aromatic carbocycles. The van der Waals surface area contributed by atoms with Gasteiger partial charge < -0.3 is 9.15 Å². The molecule has 150 valence electrons. The van der Waals surface area contributed by atoms with E-state index >= 15 is 0 Å². The highest BCUT2D eigenvalue weighted by molar-refractivity contribution is 6.33. The second-order valence-electron chi connectivity index (χ2n) is 6.64. The van der Waals surface area contributed by atoms with Gasteiger partial charge in [-0.2, -0.15) is 5.10 Å². The van der Waals surface area contributed by atoms with Crippen LogP contribution in [0, 0.1) is 0 Å². The van der Waals surface area contributed by atoms with Crippen molar-refractivity contribution in [2.24, 2.45) is 5.10 Å². The second kappa shape index (κ2) is 9.94. The standard InChI is InChI=1S/C23H23ClN2O3/c1-3-16(2)17-8-10-18(11-9-17)28-15-23(27)26-25-14-19-12-13-22(29-19)20-6-4-5-7-21(20)24/h4-14,16H,3,15H2,1-2H3,(H,26,27). The van der Waals surface area contributed by atoms with Crippen molar-refractivity contribution in [2.45, 2.75) is 26.2 Å². The van der Waals surface area contributed by atoms with E-state index in [2.05, 4.69) is 24.4 Å². The van der Waals surface area contributed by atoms with Crippen molar-refractivity contribution in [3.8, 4) is 17.1 Å². The number of hydrazone groups is 1. The molecule has 0 bridgehead atoms. The first-order chi connectivity index (χ1) is 14.1.